The molecule has 2 aliphatic rings. The number of fused-ring (bicyclic) bond motifs is 1. The van der Waals surface area contributed by atoms with Gasteiger partial charge in [0.15, 0.2) is 5.78 Å². The molecular weight excluding hydrogens is 354 g/mol. The van der Waals surface area contributed by atoms with Gasteiger partial charge in [0.2, 0.25) is 5.91 Å². The van der Waals surface area contributed by atoms with Crippen LogP contribution in [0.4, 0.5) is 0 Å². The topological polar surface area (TPSA) is 82.3 Å². The second-order valence-electron chi connectivity index (χ2n) is 7.67. The molecule has 1 saturated heterocycles. The molecule has 1 aromatic carbocycles. The van der Waals surface area contributed by atoms with Gasteiger partial charge in [-0.25, -0.2) is 0 Å². The minimum Gasteiger partial charge on any atom is -0.354 e. The van der Waals surface area contributed by atoms with E-state index in [0.717, 1.165) is 48.2 Å². The van der Waals surface area contributed by atoms with Crippen LogP contribution in [0.25, 0.3) is 0 Å². The molecule has 4 rings (SSSR count). The Morgan fingerprint density at radius 2 is 1.82 bits per heavy atom. The first-order valence-electron chi connectivity index (χ1n) is 9.91. The summed E-state index contributed by atoms with van der Waals surface area (Å²) in [5.74, 6) is 0.159. The number of hydrogen-bond donors (Lipinski definition) is 2. The quantitative estimate of drug-likeness (QED) is 0.838. The third-order valence-corrected chi connectivity index (χ3v) is 5.69. The summed E-state index contributed by atoms with van der Waals surface area (Å²) in [6.45, 7) is 3.73. The van der Waals surface area contributed by atoms with E-state index in [1.807, 2.05) is 36.1 Å². The Bertz CT molecular complexity index is 927. The number of benzene rings is 1. The van der Waals surface area contributed by atoms with E-state index in [1.54, 1.807) is 0 Å². The van der Waals surface area contributed by atoms with Crippen LogP contribution in [-0.4, -0.2) is 34.0 Å². The molecule has 0 spiro atoms. The van der Waals surface area contributed by atoms with E-state index < -0.39 is 0 Å². The van der Waals surface area contributed by atoms with Crippen molar-refractivity contribution in [3.05, 3.63) is 57.9 Å². The Balaban J connectivity index is 1.37. The number of rotatable bonds is 5. The highest BCUT2D eigenvalue weighted by atomic mass is 16.2. The monoisotopic (exact) mass is 379 g/mol. The normalized spacial score (nSPS) is 16.4. The van der Waals surface area contributed by atoms with E-state index in [1.165, 1.54) is 0 Å². The lowest BCUT2D eigenvalue weighted by atomic mass is 9.94. The zero-order valence-electron chi connectivity index (χ0n) is 16.1. The maximum absolute atomic E-state index is 12.6. The van der Waals surface area contributed by atoms with Crippen molar-refractivity contribution in [2.24, 2.45) is 0 Å². The number of likely N-dealkylation sites (tertiary alicyclic amines) is 1. The molecule has 6 nitrogen and oxygen atoms in total. The summed E-state index contributed by atoms with van der Waals surface area (Å²) in [4.78, 5) is 41.5. The molecule has 0 unspecified atom stereocenters. The summed E-state index contributed by atoms with van der Waals surface area (Å²) in [5, 5.41) is 2.93. The molecule has 146 valence electrons. The summed E-state index contributed by atoms with van der Waals surface area (Å²) in [6, 6.07) is 7.97. The third-order valence-electron chi connectivity index (χ3n) is 5.69. The molecule has 2 amide bonds. The van der Waals surface area contributed by atoms with E-state index in [4.69, 9.17) is 0 Å². The van der Waals surface area contributed by atoms with E-state index in [-0.39, 0.29) is 17.6 Å². The number of carbonyl (C=O) groups excluding carboxylic acids is 3. The van der Waals surface area contributed by atoms with Crippen LogP contribution in [0, 0.1) is 6.92 Å². The summed E-state index contributed by atoms with van der Waals surface area (Å²) in [6.07, 6.45) is 3.80. The molecule has 1 fully saturated rings. The standard InChI is InChI=1S/C22H25N3O3/c1-14-20-17(4-2-5-18(20)26)24-21(14)22(28)23-12-15-7-9-16(10-8-15)13-25-11-3-6-19(25)27/h7-10,24H,2-6,11-13H2,1H3,(H,23,28). The van der Waals surface area contributed by atoms with Gasteiger partial charge in [-0.05, 0) is 42.9 Å². The number of carbonyl (C=O) groups is 3. The number of amides is 2. The lowest BCUT2D eigenvalue weighted by Crippen LogP contribution is -2.24. The highest BCUT2D eigenvalue weighted by molar-refractivity contribution is 6.04. The van der Waals surface area contributed by atoms with Crippen LogP contribution in [0.15, 0.2) is 24.3 Å². The first-order valence-corrected chi connectivity index (χ1v) is 9.91. The van der Waals surface area contributed by atoms with Gasteiger partial charge in [-0.3, -0.25) is 14.4 Å². The molecule has 1 aromatic heterocycles. The van der Waals surface area contributed by atoms with Gasteiger partial charge in [0, 0.05) is 43.7 Å². The minimum absolute atomic E-state index is 0.126. The zero-order chi connectivity index (χ0) is 19.7. The Morgan fingerprint density at radius 3 is 2.50 bits per heavy atom. The van der Waals surface area contributed by atoms with Gasteiger partial charge in [0.05, 0.1) is 0 Å². The van der Waals surface area contributed by atoms with E-state index in [0.29, 0.717) is 37.2 Å². The highest BCUT2D eigenvalue weighted by Gasteiger charge is 2.26. The minimum atomic E-state index is -0.188. The zero-order valence-corrected chi connectivity index (χ0v) is 16.1. The van der Waals surface area contributed by atoms with Crippen LogP contribution in [0.2, 0.25) is 0 Å². The number of aryl methyl sites for hydroxylation is 1. The third kappa shape index (κ3) is 3.59. The summed E-state index contributed by atoms with van der Waals surface area (Å²) < 4.78 is 0. The van der Waals surface area contributed by atoms with Crippen molar-refractivity contribution in [1.82, 2.24) is 15.2 Å². The van der Waals surface area contributed by atoms with Gasteiger partial charge >= 0.3 is 0 Å². The van der Waals surface area contributed by atoms with Gasteiger partial charge in [-0.15, -0.1) is 0 Å². The van der Waals surface area contributed by atoms with Gasteiger partial charge in [0.25, 0.3) is 5.91 Å². The summed E-state index contributed by atoms with van der Waals surface area (Å²) >= 11 is 0. The van der Waals surface area contributed by atoms with Crippen LogP contribution in [0.5, 0.6) is 0 Å². The van der Waals surface area contributed by atoms with E-state index in [2.05, 4.69) is 10.3 Å². The largest absolute Gasteiger partial charge is 0.354 e. The van der Waals surface area contributed by atoms with Crippen molar-refractivity contribution in [2.45, 2.75) is 52.1 Å². The maximum atomic E-state index is 12.6. The fourth-order valence-electron chi connectivity index (χ4n) is 4.13. The molecule has 1 aliphatic heterocycles. The van der Waals surface area contributed by atoms with Gasteiger partial charge in [0.1, 0.15) is 5.69 Å². The van der Waals surface area contributed by atoms with Gasteiger partial charge < -0.3 is 15.2 Å². The van der Waals surface area contributed by atoms with E-state index in [9.17, 15) is 14.4 Å². The van der Waals surface area contributed by atoms with Crippen molar-refractivity contribution < 1.29 is 14.4 Å². The molecule has 0 saturated carbocycles. The molecule has 2 heterocycles. The van der Waals surface area contributed by atoms with Crippen LogP contribution in [0.3, 0.4) is 0 Å². The predicted octanol–water partition coefficient (Wildman–Crippen LogP) is 2.89. The van der Waals surface area contributed by atoms with Crippen molar-refractivity contribution in [2.75, 3.05) is 6.54 Å². The molecule has 6 heteroatoms. The molecule has 0 atom stereocenters. The first-order chi connectivity index (χ1) is 13.5. The second-order valence-corrected chi connectivity index (χ2v) is 7.67. The molecule has 28 heavy (non-hydrogen) atoms. The van der Waals surface area contributed by atoms with Crippen molar-refractivity contribution in [1.29, 1.82) is 0 Å². The van der Waals surface area contributed by atoms with Crippen LogP contribution in [-0.2, 0) is 24.3 Å². The molecule has 2 N–H and O–H groups in total. The highest BCUT2D eigenvalue weighted by Crippen LogP contribution is 2.26. The molecular formula is C22H25N3O3. The van der Waals surface area contributed by atoms with Crippen LogP contribution < -0.4 is 5.32 Å². The number of nitrogens with one attached hydrogen (secondary N) is 2. The van der Waals surface area contributed by atoms with Crippen molar-refractivity contribution in [3.63, 3.8) is 0 Å². The molecule has 2 aromatic rings. The van der Waals surface area contributed by atoms with Gasteiger partial charge in [-0.2, -0.15) is 0 Å². The Labute approximate surface area is 164 Å². The fraction of sp³-hybridized carbons (Fsp3) is 0.409. The summed E-state index contributed by atoms with van der Waals surface area (Å²) in [5.41, 5.74) is 4.93. The average Bonchev–Trinajstić information content (AvgIpc) is 3.25. The first kappa shape index (κ1) is 18.5. The number of H-pyrrole nitrogens is 1. The number of Topliss-reactive ketones (excluding diaryl/α,β-unsaturated/α-hetero) is 1. The number of aromatic amines is 1. The molecule has 1 aliphatic carbocycles. The fourth-order valence-corrected chi connectivity index (χ4v) is 4.13. The SMILES string of the molecule is Cc1c(C(=O)NCc2ccc(CN3CCCC3=O)cc2)[nH]c2c1C(=O)CCC2. The lowest BCUT2D eigenvalue weighted by Gasteiger charge is -2.15. The number of hydrogen-bond acceptors (Lipinski definition) is 3. The number of nitrogens with zero attached hydrogens (tertiary/aromatic N) is 1. The average molecular weight is 379 g/mol. The van der Waals surface area contributed by atoms with E-state index >= 15 is 0 Å². The van der Waals surface area contributed by atoms with Gasteiger partial charge in [-0.1, -0.05) is 24.3 Å². The lowest BCUT2D eigenvalue weighted by molar-refractivity contribution is -0.128. The van der Waals surface area contributed by atoms with Crippen molar-refractivity contribution in [3.8, 4) is 0 Å². The Hall–Kier alpha value is -2.89. The molecule has 0 radical (unpaired) electrons. The smallest absolute Gasteiger partial charge is 0.268 e. The number of aromatic nitrogens is 1. The number of ketones is 1. The Kier molecular flexibility index (Phi) is 5.03. The Morgan fingerprint density at radius 1 is 1.07 bits per heavy atom. The van der Waals surface area contributed by atoms with Crippen molar-refractivity contribution >= 4 is 17.6 Å². The predicted molar refractivity (Wildman–Crippen MR) is 105 cm³/mol. The van der Waals surface area contributed by atoms with Crippen LogP contribution in [0.1, 0.15) is 68.9 Å². The molecule has 0 bridgehead atoms. The summed E-state index contributed by atoms with van der Waals surface area (Å²) in [7, 11) is 0. The second kappa shape index (κ2) is 7.62. The van der Waals surface area contributed by atoms with Crippen LogP contribution >= 0.6 is 0 Å². The maximum Gasteiger partial charge on any atom is 0.268 e.